The molecule has 2 aromatic rings. The second-order valence-electron chi connectivity index (χ2n) is 3.90. The summed E-state index contributed by atoms with van der Waals surface area (Å²) in [6.07, 6.45) is 1.49. The van der Waals surface area contributed by atoms with E-state index in [1.54, 1.807) is 33.3 Å². The molecule has 3 nitrogen and oxygen atoms in total. The lowest BCUT2D eigenvalue weighted by Gasteiger charge is -2.10. The zero-order valence-corrected chi connectivity index (χ0v) is 10.5. The van der Waals surface area contributed by atoms with Crippen LogP contribution in [0.5, 0.6) is 11.5 Å². The summed E-state index contributed by atoms with van der Waals surface area (Å²) < 4.78 is 23.6. The maximum atomic E-state index is 13.2. The van der Waals surface area contributed by atoms with Crippen LogP contribution in [-0.4, -0.2) is 19.2 Å². The summed E-state index contributed by atoms with van der Waals surface area (Å²) in [5.74, 6) is 0.927. The third-order valence-corrected chi connectivity index (χ3v) is 2.73. The SMILES string of the molecule is COc1ccc(-c2cnc(F)c(C)c2)c(OC)c1. The molecule has 0 saturated carbocycles. The highest BCUT2D eigenvalue weighted by Crippen LogP contribution is 2.33. The molecule has 4 heteroatoms. The predicted octanol–water partition coefficient (Wildman–Crippen LogP) is 3.21. The summed E-state index contributed by atoms with van der Waals surface area (Å²) in [7, 11) is 3.18. The first kappa shape index (κ1) is 12.4. The van der Waals surface area contributed by atoms with Crippen molar-refractivity contribution in [3.05, 3.63) is 42.0 Å². The van der Waals surface area contributed by atoms with Crippen molar-refractivity contribution < 1.29 is 13.9 Å². The summed E-state index contributed by atoms with van der Waals surface area (Å²) in [6.45, 7) is 1.68. The minimum absolute atomic E-state index is 0.453. The fraction of sp³-hybridized carbons (Fsp3) is 0.214. The van der Waals surface area contributed by atoms with E-state index in [4.69, 9.17) is 9.47 Å². The van der Waals surface area contributed by atoms with Crippen molar-refractivity contribution in [2.75, 3.05) is 14.2 Å². The van der Waals surface area contributed by atoms with E-state index in [0.29, 0.717) is 17.1 Å². The van der Waals surface area contributed by atoms with Crippen LogP contribution in [0.25, 0.3) is 11.1 Å². The minimum atomic E-state index is -0.453. The van der Waals surface area contributed by atoms with Gasteiger partial charge in [0.05, 0.1) is 14.2 Å². The monoisotopic (exact) mass is 247 g/mol. The van der Waals surface area contributed by atoms with Crippen molar-refractivity contribution in [2.24, 2.45) is 0 Å². The lowest BCUT2D eigenvalue weighted by atomic mass is 10.0. The van der Waals surface area contributed by atoms with E-state index in [2.05, 4.69) is 4.98 Å². The molecule has 0 bridgehead atoms. The molecular formula is C14H14FNO2. The number of rotatable bonds is 3. The molecule has 2 rings (SSSR count). The highest BCUT2D eigenvalue weighted by Gasteiger charge is 2.09. The highest BCUT2D eigenvalue weighted by atomic mass is 19.1. The van der Waals surface area contributed by atoms with E-state index >= 15 is 0 Å². The molecule has 0 amide bonds. The lowest BCUT2D eigenvalue weighted by molar-refractivity contribution is 0.395. The summed E-state index contributed by atoms with van der Waals surface area (Å²) in [5, 5.41) is 0. The van der Waals surface area contributed by atoms with Crippen LogP contribution in [0.3, 0.4) is 0 Å². The molecule has 0 aliphatic heterocycles. The zero-order valence-electron chi connectivity index (χ0n) is 10.5. The van der Waals surface area contributed by atoms with Crippen molar-refractivity contribution >= 4 is 0 Å². The van der Waals surface area contributed by atoms with Gasteiger partial charge >= 0.3 is 0 Å². The van der Waals surface area contributed by atoms with Crippen molar-refractivity contribution in [3.63, 3.8) is 0 Å². The Morgan fingerprint density at radius 1 is 1.11 bits per heavy atom. The Morgan fingerprint density at radius 3 is 2.50 bits per heavy atom. The fourth-order valence-electron chi connectivity index (χ4n) is 1.74. The number of pyridine rings is 1. The third-order valence-electron chi connectivity index (χ3n) is 2.73. The summed E-state index contributed by atoms with van der Waals surface area (Å²) in [4.78, 5) is 3.72. The minimum Gasteiger partial charge on any atom is -0.497 e. The molecular weight excluding hydrogens is 233 g/mol. The van der Waals surface area contributed by atoms with Crippen LogP contribution >= 0.6 is 0 Å². The molecule has 0 fully saturated rings. The van der Waals surface area contributed by atoms with Gasteiger partial charge in [-0.15, -0.1) is 0 Å². The first-order valence-corrected chi connectivity index (χ1v) is 5.50. The predicted molar refractivity (Wildman–Crippen MR) is 67.5 cm³/mol. The van der Waals surface area contributed by atoms with Crippen LogP contribution < -0.4 is 9.47 Å². The second kappa shape index (κ2) is 5.04. The van der Waals surface area contributed by atoms with Crippen LogP contribution in [0.2, 0.25) is 0 Å². The van der Waals surface area contributed by atoms with Crippen LogP contribution in [0.4, 0.5) is 4.39 Å². The lowest BCUT2D eigenvalue weighted by Crippen LogP contribution is -1.93. The van der Waals surface area contributed by atoms with Gasteiger partial charge in [-0.3, -0.25) is 0 Å². The van der Waals surface area contributed by atoms with Crippen molar-refractivity contribution in [1.82, 2.24) is 4.98 Å². The van der Waals surface area contributed by atoms with E-state index < -0.39 is 5.95 Å². The molecule has 0 aliphatic rings. The number of nitrogens with zero attached hydrogens (tertiary/aromatic N) is 1. The van der Waals surface area contributed by atoms with E-state index in [1.807, 2.05) is 12.1 Å². The van der Waals surface area contributed by atoms with Gasteiger partial charge in [-0.05, 0) is 25.1 Å². The first-order chi connectivity index (χ1) is 8.65. The molecule has 0 atom stereocenters. The molecule has 1 aromatic heterocycles. The molecule has 0 N–H and O–H groups in total. The van der Waals surface area contributed by atoms with Crippen molar-refractivity contribution in [3.8, 4) is 22.6 Å². The van der Waals surface area contributed by atoms with Gasteiger partial charge in [-0.1, -0.05) is 0 Å². The van der Waals surface area contributed by atoms with Gasteiger partial charge in [-0.25, -0.2) is 4.98 Å². The second-order valence-corrected chi connectivity index (χ2v) is 3.90. The average Bonchev–Trinajstić information content (AvgIpc) is 2.41. The summed E-state index contributed by atoms with van der Waals surface area (Å²) in [6, 6.07) is 7.23. The Labute approximate surface area is 105 Å². The van der Waals surface area contributed by atoms with E-state index in [-0.39, 0.29) is 0 Å². The molecule has 0 aliphatic carbocycles. The number of ether oxygens (including phenoxy) is 2. The normalized spacial score (nSPS) is 10.2. The van der Waals surface area contributed by atoms with Gasteiger partial charge in [0.2, 0.25) is 5.95 Å². The quantitative estimate of drug-likeness (QED) is 0.780. The average molecular weight is 247 g/mol. The Bertz CT molecular complexity index is 570. The number of methoxy groups -OCH3 is 2. The summed E-state index contributed by atoms with van der Waals surface area (Å²) >= 11 is 0. The van der Waals surface area contributed by atoms with Crippen LogP contribution in [0.1, 0.15) is 5.56 Å². The molecule has 18 heavy (non-hydrogen) atoms. The Kier molecular flexibility index (Phi) is 3.46. The molecule has 1 aromatic carbocycles. The zero-order chi connectivity index (χ0) is 13.1. The molecule has 0 spiro atoms. The molecule has 0 saturated heterocycles. The fourth-order valence-corrected chi connectivity index (χ4v) is 1.74. The van der Waals surface area contributed by atoms with Gasteiger partial charge < -0.3 is 9.47 Å². The maximum absolute atomic E-state index is 13.2. The Hall–Kier alpha value is -2.10. The van der Waals surface area contributed by atoms with Gasteiger partial charge in [0.25, 0.3) is 0 Å². The van der Waals surface area contributed by atoms with Gasteiger partial charge in [0.1, 0.15) is 11.5 Å². The smallest absolute Gasteiger partial charge is 0.215 e. The molecule has 0 radical (unpaired) electrons. The van der Waals surface area contributed by atoms with E-state index in [9.17, 15) is 4.39 Å². The molecule has 94 valence electrons. The van der Waals surface area contributed by atoms with Crippen molar-refractivity contribution in [2.45, 2.75) is 6.92 Å². The van der Waals surface area contributed by atoms with Gasteiger partial charge in [0, 0.05) is 29.0 Å². The maximum Gasteiger partial charge on any atom is 0.215 e. The standard InChI is InChI=1S/C14H14FNO2/c1-9-6-10(8-16-14(9)15)12-5-4-11(17-2)7-13(12)18-3/h4-8H,1-3H3. The third kappa shape index (κ3) is 2.27. The number of hydrogen-bond donors (Lipinski definition) is 0. The van der Waals surface area contributed by atoms with Crippen LogP contribution in [-0.2, 0) is 0 Å². The van der Waals surface area contributed by atoms with Gasteiger partial charge in [-0.2, -0.15) is 4.39 Å². The van der Waals surface area contributed by atoms with Crippen LogP contribution in [0, 0.1) is 12.9 Å². The summed E-state index contributed by atoms with van der Waals surface area (Å²) in [5.41, 5.74) is 2.17. The van der Waals surface area contributed by atoms with Gasteiger partial charge in [0.15, 0.2) is 0 Å². The van der Waals surface area contributed by atoms with E-state index in [1.165, 1.54) is 6.20 Å². The highest BCUT2D eigenvalue weighted by molar-refractivity contribution is 5.71. The topological polar surface area (TPSA) is 31.4 Å². The van der Waals surface area contributed by atoms with Crippen LogP contribution in [0.15, 0.2) is 30.5 Å². The number of aryl methyl sites for hydroxylation is 1. The number of benzene rings is 1. The van der Waals surface area contributed by atoms with E-state index in [0.717, 1.165) is 11.1 Å². The molecule has 1 heterocycles. The Morgan fingerprint density at radius 2 is 1.89 bits per heavy atom. The Balaban J connectivity index is 2.52. The number of halogens is 1. The number of aromatic nitrogens is 1. The number of hydrogen-bond acceptors (Lipinski definition) is 3. The largest absolute Gasteiger partial charge is 0.497 e. The molecule has 0 unspecified atom stereocenters. The first-order valence-electron chi connectivity index (χ1n) is 5.50. The van der Waals surface area contributed by atoms with Crippen molar-refractivity contribution in [1.29, 1.82) is 0 Å².